The largest absolute Gasteiger partial charge is 0.466 e. The van der Waals surface area contributed by atoms with E-state index in [2.05, 4.69) is 6.92 Å². The lowest BCUT2D eigenvalue weighted by atomic mass is 9.81. The van der Waals surface area contributed by atoms with Crippen LogP contribution in [-0.4, -0.2) is 19.4 Å². The summed E-state index contributed by atoms with van der Waals surface area (Å²) < 4.78 is 10.7. The first-order valence-electron chi connectivity index (χ1n) is 7.84. The highest BCUT2D eigenvalue weighted by Crippen LogP contribution is 2.41. The average molecular weight is 314 g/mol. The summed E-state index contributed by atoms with van der Waals surface area (Å²) in [6.45, 7) is 3.83. The zero-order valence-corrected chi connectivity index (χ0v) is 13.8. The molecular weight excluding hydrogens is 292 g/mol. The van der Waals surface area contributed by atoms with Crippen LogP contribution < -0.4 is 0 Å². The van der Waals surface area contributed by atoms with Crippen molar-refractivity contribution in [3.8, 4) is 0 Å². The highest BCUT2D eigenvalue weighted by atomic mass is 16.5. The molecule has 0 spiro atoms. The molecule has 0 fully saturated rings. The topological polar surface area (TPSA) is 52.6 Å². The molecule has 0 bridgehead atoms. The van der Waals surface area contributed by atoms with Gasteiger partial charge in [-0.1, -0.05) is 43.7 Å². The number of hydrogen-bond acceptors (Lipinski definition) is 4. The fourth-order valence-corrected chi connectivity index (χ4v) is 2.85. The number of unbranched alkanes of at least 4 members (excludes halogenated alkanes) is 1. The van der Waals surface area contributed by atoms with Crippen molar-refractivity contribution >= 4 is 12.3 Å². The third-order valence-electron chi connectivity index (χ3n) is 4.00. The molecule has 1 aromatic rings. The maximum absolute atomic E-state index is 12.2. The summed E-state index contributed by atoms with van der Waals surface area (Å²) in [5.74, 6) is 0.246. The van der Waals surface area contributed by atoms with Gasteiger partial charge in [-0.25, -0.2) is 4.79 Å². The molecule has 1 aliphatic rings. The third-order valence-corrected chi connectivity index (χ3v) is 4.00. The Morgan fingerprint density at radius 3 is 2.57 bits per heavy atom. The summed E-state index contributed by atoms with van der Waals surface area (Å²) in [5, 5.41) is 0. The Morgan fingerprint density at radius 2 is 2.00 bits per heavy atom. The first kappa shape index (κ1) is 17.0. The van der Waals surface area contributed by atoms with Gasteiger partial charge in [-0.15, -0.1) is 0 Å². The molecule has 0 aromatic heterocycles. The summed E-state index contributed by atoms with van der Waals surface area (Å²) in [7, 11) is 1.33. The van der Waals surface area contributed by atoms with Crippen LogP contribution in [0.25, 0.3) is 0 Å². The number of methoxy groups -OCH3 is 1. The molecule has 4 nitrogen and oxygen atoms in total. The van der Waals surface area contributed by atoms with Crippen molar-refractivity contribution < 1.29 is 19.1 Å². The van der Waals surface area contributed by atoms with E-state index >= 15 is 0 Å². The Bertz CT molecular complexity index is 641. The van der Waals surface area contributed by atoms with Crippen LogP contribution in [0.4, 0.5) is 0 Å². The first-order chi connectivity index (χ1) is 11.1. The monoisotopic (exact) mass is 314 g/mol. The molecule has 1 aromatic carbocycles. The van der Waals surface area contributed by atoms with Gasteiger partial charge in [0.1, 0.15) is 17.8 Å². The fourth-order valence-electron chi connectivity index (χ4n) is 2.85. The van der Waals surface area contributed by atoms with Crippen LogP contribution in [0.5, 0.6) is 0 Å². The molecular formula is C19H22O4. The lowest BCUT2D eigenvalue weighted by Crippen LogP contribution is -2.23. The van der Waals surface area contributed by atoms with Crippen LogP contribution in [0.15, 0.2) is 53.0 Å². The Labute approximate surface area is 136 Å². The van der Waals surface area contributed by atoms with E-state index in [1.807, 2.05) is 30.3 Å². The zero-order chi connectivity index (χ0) is 16.8. The number of ether oxygens (including phenoxy) is 2. The summed E-state index contributed by atoms with van der Waals surface area (Å²) >= 11 is 0. The lowest BCUT2D eigenvalue weighted by Gasteiger charge is -2.29. The number of esters is 1. The van der Waals surface area contributed by atoms with E-state index in [9.17, 15) is 9.59 Å². The van der Waals surface area contributed by atoms with Crippen molar-refractivity contribution in [1.82, 2.24) is 0 Å². The quantitative estimate of drug-likeness (QED) is 0.590. The molecule has 0 radical (unpaired) electrons. The number of hydrogen-bond donors (Lipinski definition) is 0. The van der Waals surface area contributed by atoms with E-state index in [1.54, 1.807) is 6.92 Å². The highest BCUT2D eigenvalue weighted by Gasteiger charge is 2.35. The molecule has 0 saturated heterocycles. The molecule has 122 valence electrons. The number of carbonyl (C=O) groups excluding carboxylic acids is 2. The van der Waals surface area contributed by atoms with Gasteiger partial charge in [-0.2, -0.15) is 0 Å². The normalized spacial score (nSPS) is 17.8. The van der Waals surface area contributed by atoms with Crippen molar-refractivity contribution in [2.75, 3.05) is 7.11 Å². The molecule has 1 unspecified atom stereocenters. The maximum Gasteiger partial charge on any atom is 0.338 e. The average Bonchev–Trinajstić information content (AvgIpc) is 2.59. The zero-order valence-electron chi connectivity index (χ0n) is 13.8. The standard InChI is InChI=1S/C19H22O4/c1-4-5-11-16-15(12-20)18(14-9-7-6-8-10-14)17(13(2)23-16)19(21)22-3/h6-10,12,18H,4-5,11H2,1-3H3. The van der Waals surface area contributed by atoms with Crippen molar-refractivity contribution in [3.05, 3.63) is 58.6 Å². The van der Waals surface area contributed by atoms with E-state index in [-0.39, 0.29) is 0 Å². The van der Waals surface area contributed by atoms with Gasteiger partial charge in [0.15, 0.2) is 0 Å². The molecule has 1 aliphatic heterocycles. The van der Waals surface area contributed by atoms with Gasteiger partial charge >= 0.3 is 5.97 Å². The van der Waals surface area contributed by atoms with E-state index in [4.69, 9.17) is 9.47 Å². The number of aldehydes is 1. The van der Waals surface area contributed by atoms with Crippen LogP contribution in [0, 0.1) is 0 Å². The van der Waals surface area contributed by atoms with Crippen LogP contribution >= 0.6 is 0 Å². The predicted octanol–water partition coefficient (Wildman–Crippen LogP) is 3.89. The van der Waals surface area contributed by atoms with Gasteiger partial charge in [0.25, 0.3) is 0 Å². The Balaban J connectivity index is 2.57. The molecule has 1 heterocycles. The number of carbonyl (C=O) groups is 2. The highest BCUT2D eigenvalue weighted by molar-refractivity contribution is 5.95. The number of rotatable bonds is 6. The Kier molecular flexibility index (Phi) is 5.74. The summed E-state index contributed by atoms with van der Waals surface area (Å²) in [6, 6.07) is 9.51. The van der Waals surface area contributed by atoms with Crippen LogP contribution in [0.3, 0.4) is 0 Å². The first-order valence-corrected chi connectivity index (χ1v) is 7.84. The molecule has 0 aliphatic carbocycles. The van der Waals surface area contributed by atoms with Crippen molar-refractivity contribution in [2.24, 2.45) is 0 Å². The molecule has 2 rings (SSSR count). The van der Waals surface area contributed by atoms with Crippen molar-refractivity contribution in [2.45, 2.75) is 39.0 Å². The number of allylic oxidation sites excluding steroid dienone is 3. The van der Waals surface area contributed by atoms with Gasteiger partial charge < -0.3 is 9.47 Å². The molecule has 0 N–H and O–H groups in total. The predicted molar refractivity (Wildman–Crippen MR) is 87.6 cm³/mol. The lowest BCUT2D eigenvalue weighted by molar-refractivity contribution is -0.136. The second kappa shape index (κ2) is 7.77. The SMILES string of the molecule is CCCCC1=C(C=O)C(c2ccccc2)C(C(=O)OC)=C(C)O1. The van der Waals surface area contributed by atoms with Crippen molar-refractivity contribution in [3.63, 3.8) is 0 Å². The third kappa shape index (κ3) is 3.52. The minimum absolute atomic E-state index is 0.390. The Hall–Kier alpha value is -2.36. The van der Waals surface area contributed by atoms with Gasteiger partial charge in [0.2, 0.25) is 0 Å². The molecule has 4 heteroatoms. The minimum atomic E-state index is -0.467. The molecule has 0 amide bonds. The minimum Gasteiger partial charge on any atom is -0.466 e. The second-order valence-corrected chi connectivity index (χ2v) is 5.51. The van der Waals surface area contributed by atoms with Crippen LogP contribution in [0.2, 0.25) is 0 Å². The van der Waals surface area contributed by atoms with E-state index in [1.165, 1.54) is 7.11 Å². The van der Waals surface area contributed by atoms with Gasteiger partial charge in [0.05, 0.1) is 18.6 Å². The Morgan fingerprint density at radius 1 is 1.30 bits per heavy atom. The van der Waals surface area contributed by atoms with E-state index < -0.39 is 11.9 Å². The van der Waals surface area contributed by atoms with Crippen LogP contribution in [-0.2, 0) is 19.1 Å². The van der Waals surface area contributed by atoms with Gasteiger partial charge in [0, 0.05) is 12.0 Å². The summed E-state index contributed by atoms with van der Waals surface area (Å²) in [4.78, 5) is 24.0. The second-order valence-electron chi connectivity index (χ2n) is 5.51. The number of benzene rings is 1. The van der Waals surface area contributed by atoms with E-state index in [0.29, 0.717) is 29.1 Å². The molecule has 1 atom stereocenters. The summed E-state index contributed by atoms with van der Waals surface area (Å²) in [5.41, 5.74) is 1.78. The molecule has 0 saturated carbocycles. The smallest absolute Gasteiger partial charge is 0.338 e. The maximum atomic E-state index is 12.2. The fraction of sp³-hybridized carbons (Fsp3) is 0.368. The van der Waals surface area contributed by atoms with Gasteiger partial charge in [-0.05, 0) is 18.9 Å². The van der Waals surface area contributed by atoms with E-state index in [0.717, 1.165) is 24.7 Å². The van der Waals surface area contributed by atoms with Crippen LogP contribution in [0.1, 0.15) is 44.6 Å². The van der Waals surface area contributed by atoms with Crippen molar-refractivity contribution in [1.29, 1.82) is 0 Å². The summed E-state index contributed by atoms with van der Waals surface area (Å²) in [6.07, 6.45) is 3.41. The molecule has 23 heavy (non-hydrogen) atoms. The van der Waals surface area contributed by atoms with Gasteiger partial charge in [-0.3, -0.25) is 4.79 Å².